The minimum absolute atomic E-state index is 0.153. The Hall–Kier alpha value is -1.55. The van der Waals surface area contributed by atoms with Gasteiger partial charge in [0.2, 0.25) is 5.91 Å². The van der Waals surface area contributed by atoms with E-state index in [2.05, 4.69) is 22.3 Å². The smallest absolute Gasteiger partial charge is 0.234 e. The van der Waals surface area contributed by atoms with Crippen LogP contribution in [0.3, 0.4) is 0 Å². The molecular formula is C22H32N2O2. The van der Waals surface area contributed by atoms with E-state index in [0.717, 1.165) is 18.2 Å². The van der Waals surface area contributed by atoms with Gasteiger partial charge in [0.05, 0.1) is 19.7 Å². The molecule has 1 saturated heterocycles. The molecule has 2 aliphatic carbocycles. The molecule has 0 radical (unpaired) electrons. The molecule has 1 heterocycles. The number of nitrogens with one attached hydrogen (secondary N) is 1. The number of carbonyl (C=O) groups excluding carboxylic acids is 1. The van der Waals surface area contributed by atoms with Crippen molar-refractivity contribution >= 4 is 5.91 Å². The Labute approximate surface area is 157 Å². The van der Waals surface area contributed by atoms with Crippen LogP contribution in [0.25, 0.3) is 0 Å². The molecule has 1 aromatic carbocycles. The maximum absolute atomic E-state index is 12.8. The van der Waals surface area contributed by atoms with E-state index < -0.39 is 0 Å². The first-order chi connectivity index (χ1) is 12.7. The molecule has 142 valence electrons. The molecule has 0 bridgehead atoms. The monoisotopic (exact) mass is 356 g/mol. The molecule has 3 fully saturated rings. The highest BCUT2D eigenvalue weighted by Crippen LogP contribution is 2.41. The molecule has 0 unspecified atom stereocenters. The van der Waals surface area contributed by atoms with Crippen molar-refractivity contribution in [2.24, 2.45) is 11.8 Å². The van der Waals surface area contributed by atoms with Gasteiger partial charge >= 0.3 is 0 Å². The summed E-state index contributed by atoms with van der Waals surface area (Å²) in [5.74, 6) is 2.48. The van der Waals surface area contributed by atoms with Crippen molar-refractivity contribution in [3.63, 3.8) is 0 Å². The average Bonchev–Trinajstić information content (AvgIpc) is 3.52. The molecule has 4 nitrogen and oxygen atoms in total. The molecule has 3 aliphatic rings. The highest BCUT2D eigenvalue weighted by Gasteiger charge is 2.36. The molecule has 26 heavy (non-hydrogen) atoms. The fourth-order valence-electron chi connectivity index (χ4n) is 5.04. The zero-order valence-corrected chi connectivity index (χ0v) is 16.0. The molecule has 1 N–H and O–H groups in total. The van der Waals surface area contributed by atoms with Crippen molar-refractivity contribution in [3.8, 4) is 5.75 Å². The van der Waals surface area contributed by atoms with E-state index in [9.17, 15) is 4.79 Å². The third-order valence-corrected chi connectivity index (χ3v) is 6.59. The predicted molar refractivity (Wildman–Crippen MR) is 103 cm³/mol. The summed E-state index contributed by atoms with van der Waals surface area (Å²) < 4.78 is 5.26. The number of piperidine rings is 1. The number of amides is 1. The van der Waals surface area contributed by atoms with Crippen LogP contribution in [0.2, 0.25) is 0 Å². The van der Waals surface area contributed by atoms with Crippen LogP contribution in [0.15, 0.2) is 24.3 Å². The van der Waals surface area contributed by atoms with E-state index >= 15 is 0 Å². The van der Waals surface area contributed by atoms with Crippen molar-refractivity contribution in [1.82, 2.24) is 10.2 Å². The van der Waals surface area contributed by atoms with E-state index in [0.29, 0.717) is 18.5 Å². The Morgan fingerprint density at radius 3 is 2.58 bits per heavy atom. The molecule has 0 spiro atoms. The standard InChI is InChI=1S/C22H32N2O2/c1-26-19-12-10-18(11-13-19)22(17-8-9-17)23-21(25)15-24-14-4-6-16-5-2-3-7-20(16)24/h10-13,16-17,20,22H,2-9,14-15H2,1H3,(H,23,25)/t16-,20+,22+/m0/s1. The number of hydrogen-bond donors (Lipinski definition) is 1. The minimum Gasteiger partial charge on any atom is -0.497 e. The van der Waals surface area contributed by atoms with Crippen molar-refractivity contribution in [3.05, 3.63) is 29.8 Å². The predicted octanol–water partition coefficient (Wildman–Crippen LogP) is 3.92. The van der Waals surface area contributed by atoms with Crippen molar-refractivity contribution in [2.45, 2.75) is 63.5 Å². The fourth-order valence-corrected chi connectivity index (χ4v) is 5.04. The number of rotatable bonds is 6. The number of methoxy groups -OCH3 is 1. The summed E-state index contributed by atoms with van der Waals surface area (Å²) >= 11 is 0. The number of fused-ring (bicyclic) bond motifs is 1. The third-order valence-electron chi connectivity index (χ3n) is 6.59. The molecule has 0 aromatic heterocycles. The number of ether oxygens (including phenoxy) is 1. The second kappa shape index (κ2) is 7.99. The van der Waals surface area contributed by atoms with E-state index in [-0.39, 0.29) is 11.9 Å². The van der Waals surface area contributed by atoms with Crippen LogP contribution >= 0.6 is 0 Å². The van der Waals surface area contributed by atoms with Gasteiger partial charge in [0.15, 0.2) is 0 Å². The average molecular weight is 357 g/mol. The van der Waals surface area contributed by atoms with E-state index in [1.54, 1.807) is 7.11 Å². The molecular weight excluding hydrogens is 324 g/mol. The lowest BCUT2D eigenvalue weighted by Crippen LogP contribution is -2.50. The maximum atomic E-state index is 12.8. The largest absolute Gasteiger partial charge is 0.497 e. The van der Waals surface area contributed by atoms with Gasteiger partial charge in [-0.2, -0.15) is 0 Å². The van der Waals surface area contributed by atoms with Crippen molar-refractivity contribution in [2.75, 3.05) is 20.2 Å². The first-order valence-corrected chi connectivity index (χ1v) is 10.4. The lowest BCUT2D eigenvalue weighted by Gasteiger charge is -2.44. The van der Waals surface area contributed by atoms with Gasteiger partial charge in [0.1, 0.15) is 5.75 Å². The molecule has 1 aromatic rings. The maximum Gasteiger partial charge on any atom is 0.234 e. The van der Waals surface area contributed by atoms with Crippen LogP contribution in [0.4, 0.5) is 0 Å². The van der Waals surface area contributed by atoms with Gasteiger partial charge in [0.25, 0.3) is 0 Å². The summed E-state index contributed by atoms with van der Waals surface area (Å²) in [6.45, 7) is 1.66. The fraction of sp³-hybridized carbons (Fsp3) is 0.682. The second-order valence-corrected chi connectivity index (χ2v) is 8.38. The Kier molecular flexibility index (Phi) is 5.49. The Bertz CT molecular complexity index is 609. The zero-order valence-electron chi connectivity index (χ0n) is 16.0. The second-order valence-electron chi connectivity index (χ2n) is 8.38. The Morgan fingerprint density at radius 1 is 1.12 bits per heavy atom. The SMILES string of the molecule is COc1ccc([C@H](NC(=O)CN2CCC[C@@H]3CCCC[C@H]32)C2CC2)cc1. The summed E-state index contributed by atoms with van der Waals surface area (Å²) in [7, 11) is 1.69. The minimum atomic E-state index is 0.153. The third kappa shape index (κ3) is 4.06. The van der Waals surface area contributed by atoms with Gasteiger partial charge in [0, 0.05) is 6.04 Å². The summed E-state index contributed by atoms with van der Waals surface area (Å²) in [6.07, 6.45) is 10.4. The van der Waals surface area contributed by atoms with E-state index in [1.807, 2.05) is 12.1 Å². The lowest BCUT2D eigenvalue weighted by molar-refractivity contribution is -0.124. The van der Waals surface area contributed by atoms with Crippen LogP contribution in [0.1, 0.15) is 63.0 Å². The number of likely N-dealkylation sites (tertiary alicyclic amines) is 1. The quantitative estimate of drug-likeness (QED) is 0.840. The zero-order chi connectivity index (χ0) is 17.9. The van der Waals surface area contributed by atoms with Crippen LogP contribution in [0.5, 0.6) is 5.75 Å². The van der Waals surface area contributed by atoms with Gasteiger partial charge in [-0.1, -0.05) is 25.0 Å². The van der Waals surface area contributed by atoms with Gasteiger partial charge in [-0.25, -0.2) is 0 Å². The van der Waals surface area contributed by atoms with Crippen molar-refractivity contribution < 1.29 is 9.53 Å². The normalized spacial score (nSPS) is 27.4. The number of hydrogen-bond acceptors (Lipinski definition) is 3. The number of benzene rings is 1. The van der Waals surface area contributed by atoms with Crippen molar-refractivity contribution in [1.29, 1.82) is 0 Å². The molecule has 4 heteroatoms. The van der Waals surface area contributed by atoms with Gasteiger partial charge in [-0.3, -0.25) is 9.69 Å². The van der Waals surface area contributed by atoms with Gasteiger partial charge in [-0.05, 0) is 74.6 Å². The summed E-state index contributed by atoms with van der Waals surface area (Å²) in [5, 5.41) is 3.35. The first kappa shape index (κ1) is 17.8. The van der Waals surface area contributed by atoms with E-state index in [4.69, 9.17) is 4.74 Å². The Balaban J connectivity index is 1.38. The van der Waals surface area contributed by atoms with Gasteiger partial charge < -0.3 is 10.1 Å². The number of carbonyl (C=O) groups is 1. The molecule has 1 amide bonds. The van der Waals surface area contributed by atoms with Crippen LogP contribution < -0.4 is 10.1 Å². The van der Waals surface area contributed by atoms with Crippen LogP contribution in [0, 0.1) is 11.8 Å². The summed E-state index contributed by atoms with van der Waals surface area (Å²) in [5.41, 5.74) is 1.20. The first-order valence-electron chi connectivity index (χ1n) is 10.4. The van der Waals surface area contributed by atoms with E-state index in [1.165, 1.54) is 56.9 Å². The highest BCUT2D eigenvalue weighted by atomic mass is 16.5. The summed E-state index contributed by atoms with van der Waals surface area (Å²) in [6, 6.07) is 8.98. The lowest BCUT2D eigenvalue weighted by atomic mass is 9.78. The highest BCUT2D eigenvalue weighted by molar-refractivity contribution is 5.78. The molecule has 1 aliphatic heterocycles. The summed E-state index contributed by atoms with van der Waals surface area (Å²) in [4.78, 5) is 15.3. The van der Waals surface area contributed by atoms with Crippen LogP contribution in [-0.4, -0.2) is 37.0 Å². The molecule has 2 saturated carbocycles. The molecule has 4 rings (SSSR count). The topological polar surface area (TPSA) is 41.6 Å². The number of nitrogens with zero attached hydrogens (tertiary/aromatic N) is 1. The van der Waals surface area contributed by atoms with Gasteiger partial charge in [-0.15, -0.1) is 0 Å². The van der Waals surface area contributed by atoms with Crippen LogP contribution in [-0.2, 0) is 4.79 Å². The molecule has 3 atom stereocenters. The Morgan fingerprint density at radius 2 is 1.85 bits per heavy atom.